The summed E-state index contributed by atoms with van der Waals surface area (Å²) in [6, 6.07) is 4.27. The standard InChI is InChI=1S/C13H21NOS/c1-3-16-11(2)12-7-8-13(15-12)14-9-5-4-6-10-14/h7-8,11H,3-6,9-10H2,1-2H3. The van der Waals surface area contributed by atoms with Gasteiger partial charge in [0, 0.05) is 19.2 Å². The number of anilines is 1. The van der Waals surface area contributed by atoms with Gasteiger partial charge in [-0.15, -0.1) is 0 Å². The molecule has 1 unspecified atom stereocenters. The van der Waals surface area contributed by atoms with Crippen LogP contribution < -0.4 is 4.90 Å². The Labute approximate surface area is 102 Å². The second kappa shape index (κ2) is 5.67. The number of hydrogen-bond donors (Lipinski definition) is 0. The maximum absolute atomic E-state index is 5.94. The number of nitrogens with zero attached hydrogens (tertiary/aromatic N) is 1. The van der Waals surface area contributed by atoms with E-state index < -0.39 is 0 Å². The molecule has 2 nitrogen and oxygen atoms in total. The fourth-order valence-electron chi connectivity index (χ4n) is 2.18. The Bertz CT molecular complexity index is 317. The van der Waals surface area contributed by atoms with Gasteiger partial charge in [-0.1, -0.05) is 6.92 Å². The van der Waals surface area contributed by atoms with Gasteiger partial charge in [-0.3, -0.25) is 0 Å². The lowest BCUT2D eigenvalue weighted by atomic mass is 10.1. The Morgan fingerprint density at radius 3 is 2.75 bits per heavy atom. The minimum Gasteiger partial charge on any atom is -0.444 e. The molecule has 0 saturated carbocycles. The van der Waals surface area contributed by atoms with Crippen LogP contribution in [0.2, 0.25) is 0 Å². The van der Waals surface area contributed by atoms with Gasteiger partial charge in [-0.25, -0.2) is 0 Å². The molecule has 1 aliphatic heterocycles. The van der Waals surface area contributed by atoms with Gasteiger partial charge in [0.05, 0.1) is 5.25 Å². The predicted molar refractivity (Wildman–Crippen MR) is 71.3 cm³/mol. The lowest BCUT2D eigenvalue weighted by Crippen LogP contribution is -2.28. The maximum atomic E-state index is 5.94. The van der Waals surface area contributed by atoms with Crippen molar-refractivity contribution < 1.29 is 4.42 Å². The van der Waals surface area contributed by atoms with Gasteiger partial charge in [-0.05, 0) is 38.0 Å². The Morgan fingerprint density at radius 1 is 1.31 bits per heavy atom. The molecule has 16 heavy (non-hydrogen) atoms. The molecule has 1 aromatic rings. The summed E-state index contributed by atoms with van der Waals surface area (Å²) >= 11 is 1.93. The van der Waals surface area contributed by atoms with Gasteiger partial charge < -0.3 is 9.32 Å². The van der Waals surface area contributed by atoms with Crippen molar-refractivity contribution in [2.45, 2.75) is 38.4 Å². The summed E-state index contributed by atoms with van der Waals surface area (Å²) in [7, 11) is 0. The number of thioether (sulfide) groups is 1. The molecule has 3 heteroatoms. The first-order valence-corrected chi connectivity index (χ1v) is 7.32. The highest BCUT2D eigenvalue weighted by molar-refractivity contribution is 7.99. The lowest BCUT2D eigenvalue weighted by molar-refractivity contribution is 0.473. The zero-order chi connectivity index (χ0) is 11.4. The SMILES string of the molecule is CCSC(C)c1ccc(N2CCCCC2)o1. The molecule has 0 amide bonds. The number of hydrogen-bond acceptors (Lipinski definition) is 3. The van der Waals surface area contributed by atoms with E-state index in [2.05, 4.69) is 30.9 Å². The van der Waals surface area contributed by atoms with Crippen molar-refractivity contribution in [1.82, 2.24) is 0 Å². The normalized spacial score (nSPS) is 18.8. The van der Waals surface area contributed by atoms with Gasteiger partial charge in [0.1, 0.15) is 5.76 Å². The van der Waals surface area contributed by atoms with Crippen molar-refractivity contribution in [1.29, 1.82) is 0 Å². The van der Waals surface area contributed by atoms with Crippen LogP contribution in [0.3, 0.4) is 0 Å². The van der Waals surface area contributed by atoms with Crippen LogP contribution in [0.4, 0.5) is 5.88 Å². The van der Waals surface area contributed by atoms with Crippen LogP contribution in [-0.2, 0) is 0 Å². The van der Waals surface area contributed by atoms with E-state index in [1.807, 2.05) is 11.8 Å². The second-order valence-electron chi connectivity index (χ2n) is 4.32. The van der Waals surface area contributed by atoms with Gasteiger partial charge in [0.15, 0.2) is 5.88 Å². The Balaban J connectivity index is 2.00. The molecule has 0 N–H and O–H groups in total. The summed E-state index contributed by atoms with van der Waals surface area (Å²) in [6.07, 6.45) is 3.97. The van der Waals surface area contributed by atoms with Crippen LogP contribution in [0, 0.1) is 0 Å². The molecule has 1 fully saturated rings. The van der Waals surface area contributed by atoms with Crippen molar-refractivity contribution in [3.8, 4) is 0 Å². The maximum Gasteiger partial charge on any atom is 0.195 e. The number of furan rings is 1. The van der Waals surface area contributed by atoms with Crippen LogP contribution in [0.25, 0.3) is 0 Å². The second-order valence-corrected chi connectivity index (χ2v) is 5.94. The van der Waals surface area contributed by atoms with Crippen molar-refractivity contribution in [2.24, 2.45) is 0 Å². The Kier molecular flexibility index (Phi) is 4.22. The van der Waals surface area contributed by atoms with Gasteiger partial charge >= 0.3 is 0 Å². The minimum atomic E-state index is 0.476. The Morgan fingerprint density at radius 2 is 2.06 bits per heavy atom. The number of piperidine rings is 1. The topological polar surface area (TPSA) is 16.4 Å². The first-order valence-electron chi connectivity index (χ1n) is 6.27. The largest absolute Gasteiger partial charge is 0.444 e. The summed E-state index contributed by atoms with van der Waals surface area (Å²) in [5.41, 5.74) is 0. The van der Waals surface area contributed by atoms with E-state index in [0.717, 1.165) is 30.5 Å². The van der Waals surface area contributed by atoms with Crippen LogP contribution >= 0.6 is 11.8 Å². The molecule has 0 spiro atoms. The average molecular weight is 239 g/mol. The summed E-state index contributed by atoms with van der Waals surface area (Å²) in [4.78, 5) is 2.37. The van der Waals surface area contributed by atoms with Crippen LogP contribution in [0.1, 0.15) is 44.1 Å². The molecule has 1 aromatic heterocycles. The van der Waals surface area contributed by atoms with Crippen molar-refractivity contribution >= 4 is 17.6 Å². The molecular formula is C13H21NOS. The first kappa shape index (κ1) is 11.9. The molecule has 1 aliphatic rings. The van der Waals surface area contributed by atoms with E-state index >= 15 is 0 Å². The van der Waals surface area contributed by atoms with E-state index in [4.69, 9.17) is 4.42 Å². The molecule has 0 radical (unpaired) electrons. The first-order chi connectivity index (χ1) is 7.81. The molecule has 0 bridgehead atoms. The highest BCUT2D eigenvalue weighted by Crippen LogP contribution is 2.32. The van der Waals surface area contributed by atoms with Gasteiger partial charge in [0.2, 0.25) is 0 Å². The van der Waals surface area contributed by atoms with E-state index in [1.54, 1.807) is 0 Å². The molecule has 1 saturated heterocycles. The van der Waals surface area contributed by atoms with Crippen molar-refractivity contribution in [2.75, 3.05) is 23.7 Å². The highest BCUT2D eigenvalue weighted by Gasteiger charge is 2.16. The molecule has 0 aromatic carbocycles. The summed E-state index contributed by atoms with van der Waals surface area (Å²) in [5.74, 6) is 3.33. The van der Waals surface area contributed by atoms with Crippen LogP contribution in [-0.4, -0.2) is 18.8 Å². The fourth-order valence-corrected chi connectivity index (χ4v) is 2.97. The summed E-state index contributed by atoms with van der Waals surface area (Å²) in [5, 5.41) is 0.476. The smallest absolute Gasteiger partial charge is 0.195 e. The molecule has 0 aliphatic carbocycles. The fraction of sp³-hybridized carbons (Fsp3) is 0.692. The van der Waals surface area contributed by atoms with Gasteiger partial charge in [-0.2, -0.15) is 11.8 Å². The monoisotopic (exact) mass is 239 g/mol. The summed E-state index contributed by atoms with van der Waals surface area (Å²) in [6.45, 7) is 6.72. The van der Waals surface area contributed by atoms with Crippen molar-refractivity contribution in [3.05, 3.63) is 17.9 Å². The molecule has 2 rings (SSSR count). The van der Waals surface area contributed by atoms with E-state index in [-0.39, 0.29) is 0 Å². The van der Waals surface area contributed by atoms with E-state index in [0.29, 0.717) is 5.25 Å². The number of rotatable bonds is 4. The average Bonchev–Trinajstić information content (AvgIpc) is 2.80. The third-order valence-electron chi connectivity index (χ3n) is 3.10. The summed E-state index contributed by atoms with van der Waals surface area (Å²) < 4.78 is 5.94. The highest BCUT2D eigenvalue weighted by atomic mass is 32.2. The van der Waals surface area contributed by atoms with Gasteiger partial charge in [0.25, 0.3) is 0 Å². The van der Waals surface area contributed by atoms with E-state index in [9.17, 15) is 0 Å². The van der Waals surface area contributed by atoms with Crippen LogP contribution in [0.15, 0.2) is 16.5 Å². The Hall–Kier alpha value is -0.570. The lowest BCUT2D eigenvalue weighted by Gasteiger charge is -2.26. The third kappa shape index (κ3) is 2.76. The molecule has 90 valence electrons. The predicted octanol–water partition coefficient (Wildman–Crippen LogP) is 4.08. The minimum absolute atomic E-state index is 0.476. The zero-order valence-corrected chi connectivity index (χ0v) is 11.1. The van der Waals surface area contributed by atoms with Crippen LogP contribution in [0.5, 0.6) is 0 Å². The zero-order valence-electron chi connectivity index (χ0n) is 10.2. The third-order valence-corrected chi connectivity index (χ3v) is 4.16. The quantitative estimate of drug-likeness (QED) is 0.787. The van der Waals surface area contributed by atoms with Crippen molar-refractivity contribution in [3.63, 3.8) is 0 Å². The molecule has 2 heterocycles. The molecular weight excluding hydrogens is 218 g/mol. The molecule has 1 atom stereocenters. The van der Waals surface area contributed by atoms with E-state index in [1.165, 1.54) is 19.3 Å².